The van der Waals surface area contributed by atoms with Crippen LogP contribution < -0.4 is 5.32 Å². The number of benzene rings is 2. The van der Waals surface area contributed by atoms with Gasteiger partial charge in [0.15, 0.2) is 0 Å². The van der Waals surface area contributed by atoms with Gasteiger partial charge in [-0.2, -0.15) is 12.6 Å². The van der Waals surface area contributed by atoms with Crippen LogP contribution in [0.25, 0.3) is 22.4 Å². The Morgan fingerprint density at radius 2 is 2.00 bits per heavy atom. The van der Waals surface area contributed by atoms with Crippen LogP contribution in [0.2, 0.25) is 0 Å². The molecule has 2 N–H and O–H groups in total. The molecule has 0 aliphatic heterocycles. The minimum atomic E-state index is -1.08. The molecule has 126 valence electrons. The smallest absolute Gasteiger partial charge is 0.327 e. The van der Waals surface area contributed by atoms with Crippen LogP contribution in [-0.4, -0.2) is 28.8 Å². The van der Waals surface area contributed by atoms with Gasteiger partial charge in [-0.1, -0.05) is 36.4 Å². The zero-order valence-corrected chi connectivity index (χ0v) is 14.3. The Morgan fingerprint density at radius 1 is 1.20 bits per heavy atom. The number of carbonyl (C=O) groups excluding carboxylic acids is 1. The first kappa shape index (κ1) is 16.0. The second-order valence-corrected chi connectivity index (χ2v) is 6.67. The largest absolute Gasteiger partial charge is 0.480 e. The highest BCUT2D eigenvalue weighted by molar-refractivity contribution is 7.80. The van der Waals surface area contributed by atoms with Crippen LogP contribution in [0.4, 0.5) is 0 Å². The Hall–Kier alpha value is -2.53. The maximum absolute atomic E-state index is 12.7. The monoisotopic (exact) mass is 351 g/mol. The van der Waals surface area contributed by atoms with E-state index in [1.165, 1.54) is 16.7 Å². The lowest BCUT2D eigenvalue weighted by Gasteiger charge is -2.25. The topological polar surface area (TPSA) is 66.4 Å². The van der Waals surface area contributed by atoms with Crippen LogP contribution >= 0.6 is 12.6 Å². The van der Waals surface area contributed by atoms with Crippen molar-refractivity contribution in [2.45, 2.75) is 18.9 Å². The quantitative estimate of drug-likeness (QED) is 0.741. The second-order valence-electron chi connectivity index (χ2n) is 6.31. The first-order chi connectivity index (χ1) is 12.1. The van der Waals surface area contributed by atoms with Crippen molar-refractivity contribution >= 4 is 46.9 Å². The van der Waals surface area contributed by atoms with Crippen molar-refractivity contribution in [1.29, 1.82) is 0 Å². The molecule has 0 saturated carbocycles. The first-order valence-electron chi connectivity index (χ1n) is 8.19. The molecule has 0 heterocycles. The van der Waals surface area contributed by atoms with Crippen molar-refractivity contribution in [3.63, 3.8) is 0 Å². The summed E-state index contributed by atoms with van der Waals surface area (Å²) in [5.41, 5.74) is 5.18. The van der Waals surface area contributed by atoms with Gasteiger partial charge in [0.25, 0.3) is 5.91 Å². The molecule has 0 saturated heterocycles. The van der Waals surface area contributed by atoms with Gasteiger partial charge in [-0.15, -0.1) is 0 Å². The number of allylic oxidation sites excluding steroid dienone is 3. The third-order valence-electron chi connectivity index (χ3n) is 4.87. The molecule has 2 aliphatic carbocycles. The fourth-order valence-electron chi connectivity index (χ4n) is 3.66. The fourth-order valence-corrected chi connectivity index (χ4v) is 3.91. The van der Waals surface area contributed by atoms with Crippen molar-refractivity contribution in [2.75, 3.05) is 5.75 Å². The van der Waals surface area contributed by atoms with E-state index in [2.05, 4.69) is 48.3 Å². The minimum Gasteiger partial charge on any atom is -0.480 e. The number of amides is 1. The van der Waals surface area contributed by atoms with Gasteiger partial charge in [0.05, 0.1) is 0 Å². The Balaban J connectivity index is 1.85. The van der Waals surface area contributed by atoms with Crippen LogP contribution in [0.5, 0.6) is 0 Å². The molecule has 0 spiro atoms. The molecular weight excluding hydrogens is 334 g/mol. The maximum Gasteiger partial charge on any atom is 0.327 e. The molecule has 0 unspecified atom stereocenters. The lowest BCUT2D eigenvalue weighted by Crippen LogP contribution is -2.42. The summed E-state index contributed by atoms with van der Waals surface area (Å²) in [5.74, 6) is -1.39. The van der Waals surface area contributed by atoms with Gasteiger partial charge in [-0.05, 0) is 51.9 Å². The number of aliphatic carboxylic acids is 1. The van der Waals surface area contributed by atoms with Gasteiger partial charge in [-0.3, -0.25) is 4.79 Å². The normalized spacial score (nSPS) is 15.6. The predicted molar refractivity (Wildman–Crippen MR) is 102 cm³/mol. The third kappa shape index (κ3) is 2.55. The van der Waals surface area contributed by atoms with E-state index in [-0.39, 0.29) is 11.7 Å². The molecule has 5 heteroatoms. The average molecular weight is 351 g/mol. The van der Waals surface area contributed by atoms with Crippen LogP contribution in [0.15, 0.2) is 36.4 Å². The number of nitrogens with one attached hydrogen (secondary N) is 1. The van der Waals surface area contributed by atoms with Crippen LogP contribution in [0.1, 0.15) is 33.5 Å². The van der Waals surface area contributed by atoms with Crippen molar-refractivity contribution in [3.05, 3.63) is 58.7 Å². The van der Waals surface area contributed by atoms with Gasteiger partial charge in [0.1, 0.15) is 6.04 Å². The molecule has 0 radical (unpaired) electrons. The van der Waals surface area contributed by atoms with Gasteiger partial charge < -0.3 is 10.4 Å². The Bertz CT molecular complexity index is 975. The van der Waals surface area contributed by atoms with Crippen LogP contribution in [0, 0.1) is 0 Å². The molecule has 4 nitrogen and oxygen atoms in total. The van der Waals surface area contributed by atoms with Crippen molar-refractivity contribution in [1.82, 2.24) is 5.32 Å². The number of rotatable bonds is 4. The summed E-state index contributed by atoms with van der Waals surface area (Å²) in [6.07, 6.45) is 8.04. The van der Waals surface area contributed by atoms with E-state index in [1.807, 2.05) is 6.07 Å². The van der Waals surface area contributed by atoms with E-state index in [0.29, 0.717) is 12.0 Å². The Morgan fingerprint density at radius 3 is 2.76 bits per heavy atom. The summed E-state index contributed by atoms with van der Waals surface area (Å²) in [6.45, 7) is 0. The van der Waals surface area contributed by atoms with E-state index in [1.54, 1.807) is 6.07 Å². The second kappa shape index (κ2) is 6.08. The first-order valence-corrected chi connectivity index (χ1v) is 8.82. The van der Waals surface area contributed by atoms with E-state index in [9.17, 15) is 9.59 Å². The summed E-state index contributed by atoms with van der Waals surface area (Å²) >= 11 is 4.01. The van der Waals surface area contributed by atoms with Gasteiger partial charge in [0, 0.05) is 11.3 Å². The Labute approximate surface area is 150 Å². The van der Waals surface area contributed by atoms with Crippen molar-refractivity contribution in [3.8, 4) is 0 Å². The summed E-state index contributed by atoms with van der Waals surface area (Å²) in [5, 5.41) is 13.9. The highest BCUT2D eigenvalue weighted by atomic mass is 32.1. The van der Waals surface area contributed by atoms with Crippen LogP contribution in [-0.2, 0) is 11.2 Å². The van der Waals surface area contributed by atoms with Crippen molar-refractivity contribution < 1.29 is 14.7 Å². The van der Waals surface area contributed by atoms with E-state index in [4.69, 9.17) is 5.11 Å². The molecule has 2 aromatic rings. The number of hydrogen-bond acceptors (Lipinski definition) is 3. The maximum atomic E-state index is 12.7. The summed E-state index contributed by atoms with van der Waals surface area (Å²) in [4.78, 5) is 23.9. The molecule has 1 atom stereocenters. The lowest BCUT2D eigenvalue weighted by molar-refractivity contribution is -0.138. The Kier molecular flexibility index (Phi) is 3.88. The van der Waals surface area contributed by atoms with Gasteiger partial charge in [-0.25, -0.2) is 4.79 Å². The predicted octanol–water partition coefficient (Wildman–Crippen LogP) is 3.31. The van der Waals surface area contributed by atoms with Crippen molar-refractivity contribution in [2.24, 2.45) is 0 Å². The van der Waals surface area contributed by atoms with Gasteiger partial charge in [0.2, 0.25) is 0 Å². The molecular formula is C20H17NO3S. The number of carbonyl (C=O) groups is 2. The molecule has 0 fully saturated rings. The summed E-state index contributed by atoms with van der Waals surface area (Å²) < 4.78 is 0. The summed E-state index contributed by atoms with van der Waals surface area (Å²) in [6, 6.07) is 6.91. The SMILES string of the molecule is O=C(N[C@@H](CS)C(=O)O)c1ccc2ccc3c4c2c1CC=C4CC=C3. The highest BCUT2D eigenvalue weighted by Crippen LogP contribution is 2.41. The minimum absolute atomic E-state index is 0.0498. The molecule has 0 bridgehead atoms. The van der Waals surface area contributed by atoms with Gasteiger partial charge >= 0.3 is 5.97 Å². The molecule has 2 aliphatic rings. The number of carboxylic acid groups (broad SMARTS) is 1. The number of carboxylic acids is 1. The average Bonchev–Trinajstić information content (AvgIpc) is 2.63. The standard InChI is InChI=1S/C20H17NO3S/c22-19(21-16(10-25)20(23)24)15-9-7-13-5-4-11-2-1-3-12-6-8-14(15)18(13)17(11)12/h1-2,4-7,9,16,25H,3,8,10H2,(H,21,22)(H,23,24)/t16-/m0/s1. The molecule has 0 aromatic heterocycles. The van der Waals surface area contributed by atoms with Crippen LogP contribution in [0.3, 0.4) is 0 Å². The zero-order chi connectivity index (χ0) is 17.6. The fraction of sp³-hybridized carbons (Fsp3) is 0.200. The molecule has 2 aromatic carbocycles. The number of hydrogen-bond donors (Lipinski definition) is 3. The van der Waals surface area contributed by atoms with E-state index in [0.717, 1.165) is 22.8 Å². The van der Waals surface area contributed by atoms with E-state index >= 15 is 0 Å². The third-order valence-corrected chi connectivity index (χ3v) is 5.23. The molecule has 1 amide bonds. The molecule has 25 heavy (non-hydrogen) atoms. The summed E-state index contributed by atoms with van der Waals surface area (Å²) in [7, 11) is 0. The van der Waals surface area contributed by atoms with E-state index < -0.39 is 12.0 Å². The highest BCUT2D eigenvalue weighted by Gasteiger charge is 2.25. The lowest BCUT2D eigenvalue weighted by atomic mass is 9.80. The molecule has 4 rings (SSSR count). The zero-order valence-electron chi connectivity index (χ0n) is 13.5. The number of thiol groups is 1.